The molecule has 1 aromatic carbocycles. The van der Waals surface area contributed by atoms with Crippen LogP contribution < -0.4 is 5.32 Å². The van der Waals surface area contributed by atoms with Crippen LogP contribution in [0.25, 0.3) is 5.57 Å². The molecular formula is C24H33NO4. The van der Waals surface area contributed by atoms with E-state index in [1.54, 1.807) is 0 Å². The largest absolute Gasteiger partial charge is 0.427 e. The van der Waals surface area contributed by atoms with Crippen LogP contribution in [0, 0.1) is 26.7 Å². The Bertz CT molecular complexity index is 845. The average molecular weight is 400 g/mol. The van der Waals surface area contributed by atoms with Gasteiger partial charge in [-0.15, -0.1) is 0 Å². The summed E-state index contributed by atoms with van der Waals surface area (Å²) in [5.74, 6) is -0.223. The Hall–Kier alpha value is -2.14. The minimum atomic E-state index is -0.629. The summed E-state index contributed by atoms with van der Waals surface area (Å²) < 4.78 is 11.7. The van der Waals surface area contributed by atoms with Crippen molar-refractivity contribution in [1.82, 2.24) is 5.32 Å². The van der Waals surface area contributed by atoms with E-state index in [2.05, 4.69) is 18.3 Å². The first-order valence-corrected chi connectivity index (χ1v) is 10.7. The summed E-state index contributed by atoms with van der Waals surface area (Å²) in [6.45, 7) is 12.4. The summed E-state index contributed by atoms with van der Waals surface area (Å²) in [5.41, 5.74) is 4.03. The van der Waals surface area contributed by atoms with Crippen molar-refractivity contribution in [2.45, 2.75) is 78.9 Å². The molecule has 3 rings (SSSR count). The Labute approximate surface area is 173 Å². The highest BCUT2D eigenvalue weighted by Crippen LogP contribution is 2.44. The molecule has 1 aliphatic carbocycles. The Morgan fingerprint density at radius 3 is 2.34 bits per heavy atom. The van der Waals surface area contributed by atoms with Gasteiger partial charge in [-0.1, -0.05) is 26.0 Å². The van der Waals surface area contributed by atoms with Gasteiger partial charge in [0, 0.05) is 6.61 Å². The number of hydrogen-bond donors (Lipinski definition) is 1. The minimum absolute atomic E-state index is 0.155. The quantitative estimate of drug-likeness (QED) is 0.747. The molecule has 1 heterocycles. The van der Waals surface area contributed by atoms with Crippen LogP contribution in [0.15, 0.2) is 17.9 Å². The third-order valence-electron chi connectivity index (χ3n) is 6.21. The van der Waals surface area contributed by atoms with Crippen LogP contribution >= 0.6 is 0 Å². The highest BCUT2D eigenvalue weighted by molar-refractivity contribution is 6.24. The van der Waals surface area contributed by atoms with Crippen LogP contribution in [0.4, 0.5) is 0 Å². The number of aryl methyl sites for hydroxylation is 3. The molecule has 0 aromatic heterocycles. The molecule has 0 saturated heterocycles. The number of ether oxygens (including phenoxy) is 2. The van der Waals surface area contributed by atoms with Crippen molar-refractivity contribution < 1.29 is 19.1 Å². The Balaban J connectivity index is 2.09. The van der Waals surface area contributed by atoms with Crippen molar-refractivity contribution in [3.8, 4) is 0 Å². The van der Waals surface area contributed by atoms with Crippen LogP contribution in [-0.2, 0) is 19.1 Å². The van der Waals surface area contributed by atoms with Gasteiger partial charge in [0.2, 0.25) is 0 Å². The maximum absolute atomic E-state index is 13.2. The molecule has 1 spiro atoms. The van der Waals surface area contributed by atoms with E-state index < -0.39 is 5.54 Å². The molecule has 2 aliphatic rings. The number of benzene rings is 1. The van der Waals surface area contributed by atoms with Crippen LogP contribution in [0.3, 0.4) is 0 Å². The molecule has 158 valence electrons. The zero-order valence-electron chi connectivity index (χ0n) is 18.5. The Morgan fingerprint density at radius 1 is 1.14 bits per heavy atom. The Kier molecular flexibility index (Phi) is 6.18. The second kappa shape index (κ2) is 8.31. The first kappa shape index (κ1) is 21.6. The van der Waals surface area contributed by atoms with Gasteiger partial charge in [0.05, 0.1) is 23.1 Å². The number of nitrogens with one attached hydrogen (secondary N) is 1. The van der Waals surface area contributed by atoms with Gasteiger partial charge in [0.1, 0.15) is 5.76 Å². The third kappa shape index (κ3) is 4.11. The molecule has 5 nitrogen and oxygen atoms in total. The lowest BCUT2D eigenvalue weighted by Gasteiger charge is -2.38. The van der Waals surface area contributed by atoms with E-state index in [-0.39, 0.29) is 23.9 Å². The maximum atomic E-state index is 13.2. The lowest BCUT2D eigenvalue weighted by molar-refractivity contribution is -0.144. The van der Waals surface area contributed by atoms with E-state index in [0.717, 1.165) is 29.5 Å². The topological polar surface area (TPSA) is 64.6 Å². The van der Waals surface area contributed by atoms with E-state index in [1.807, 2.05) is 40.7 Å². The third-order valence-corrected chi connectivity index (χ3v) is 6.21. The van der Waals surface area contributed by atoms with Gasteiger partial charge in [0.25, 0.3) is 5.91 Å². The van der Waals surface area contributed by atoms with Crippen LogP contribution in [-0.4, -0.2) is 30.1 Å². The summed E-state index contributed by atoms with van der Waals surface area (Å²) in [4.78, 5) is 25.7. The van der Waals surface area contributed by atoms with E-state index in [4.69, 9.17) is 9.47 Å². The fourth-order valence-corrected chi connectivity index (χ4v) is 4.36. The van der Waals surface area contributed by atoms with Crippen LogP contribution in [0.5, 0.6) is 0 Å². The second-order valence-electron chi connectivity index (χ2n) is 8.72. The number of rotatable bonds is 5. The zero-order chi connectivity index (χ0) is 21.3. The van der Waals surface area contributed by atoms with Gasteiger partial charge in [0.15, 0.2) is 0 Å². The van der Waals surface area contributed by atoms with Crippen LogP contribution in [0.1, 0.15) is 68.7 Å². The van der Waals surface area contributed by atoms with Crippen molar-refractivity contribution in [3.05, 3.63) is 40.1 Å². The summed E-state index contributed by atoms with van der Waals surface area (Å²) in [6.07, 6.45) is 3.26. The predicted molar refractivity (Wildman–Crippen MR) is 113 cm³/mol. The summed E-state index contributed by atoms with van der Waals surface area (Å²) in [7, 11) is 0. The zero-order valence-corrected chi connectivity index (χ0v) is 18.5. The van der Waals surface area contributed by atoms with E-state index >= 15 is 0 Å². The molecule has 1 N–H and O–H groups in total. The molecule has 1 aliphatic heterocycles. The predicted octanol–water partition coefficient (Wildman–Crippen LogP) is 4.37. The van der Waals surface area contributed by atoms with Gasteiger partial charge < -0.3 is 14.8 Å². The Morgan fingerprint density at radius 2 is 1.76 bits per heavy atom. The van der Waals surface area contributed by atoms with Gasteiger partial charge in [-0.05, 0) is 75.6 Å². The number of esters is 1. The number of carbonyl (C=O) groups is 2. The molecule has 0 bridgehead atoms. The van der Waals surface area contributed by atoms with Crippen molar-refractivity contribution >= 4 is 17.4 Å². The molecule has 29 heavy (non-hydrogen) atoms. The highest BCUT2D eigenvalue weighted by atomic mass is 16.5. The van der Waals surface area contributed by atoms with E-state index in [0.29, 0.717) is 30.8 Å². The lowest BCUT2D eigenvalue weighted by atomic mass is 9.79. The lowest BCUT2D eigenvalue weighted by Crippen LogP contribution is -2.49. The molecule has 5 heteroatoms. The van der Waals surface area contributed by atoms with Crippen molar-refractivity contribution in [2.75, 3.05) is 6.61 Å². The first-order chi connectivity index (χ1) is 13.7. The fourth-order valence-electron chi connectivity index (χ4n) is 4.36. The van der Waals surface area contributed by atoms with Gasteiger partial charge in [-0.2, -0.15) is 0 Å². The van der Waals surface area contributed by atoms with E-state index in [9.17, 15) is 9.59 Å². The number of amides is 1. The summed E-state index contributed by atoms with van der Waals surface area (Å²) >= 11 is 0. The summed E-state index contributed by atoms with van der Waals surface area (Å²) in [5, 5.41) is 3.19. The summed E-state index contributed by atoms with van der Waals surface area (Å²) in [6, 6.07) is 4.12. The van der Waals surface area contributed by atoms with Gasteiger partial charge >= 0.3 is 5.97 Å². The second-order valence-corrected chi connectivity index (χ2v) is 8.72. The first-order valence-electron chi connectivity index (χ1n) is 10.7. The normalized spacial score (nSPS) is 24.4. The molecule has 1 fully saturated rings. The van der Waals surface area contributed by atoms with Gasteiger partial charge in [-0.3, -0.25) is 9.59 Å². The molecule has 1 saturated carbocycles. The standard InChI is InChI=1S/C24H33NO4/c1-7-28-18-8-10-24(11-9-18)21(29-23(27)14(2)3)20(22(26)25-24)19-13-16(5)15(4)12-17(19)6/h12-14,18H,7-11H2,1-6H3,(H,25,26). The SMILES string of the molecule is CCOC1CCC2(CC1)NC(=O)C(c1cc(C)c(C)cc1C)=C2OC(=O)C(C)C. The number of hydrogen-bond acceptors (Lipinski definition) is 4. The van der Waals surface area contributed by atoms with Crippen molar-refractivity contribution in [3.63, 3.8) is 0 Å². The monoisotopic (exact) mass is 399 g/mol. The van der Waals surface area contributed by atoms with Crippen LogP contribution in [0.2, 0.25) is 0 Å². The molecule has 1 aromatic rings. The fraction of sp³-hybridized carbons (Fsp3) is 0.583. The minimum Gasteiger partial charge on any atom is -0.427 e. The van der Waals surface area contributed by atoms with Gasteiger partial charge in [-0.25, -0.2) is 0 Å². The van der Waals surface area contributed by atoms with Crippen molar-refractivity contribution in [2.24, 2.45) is 5.92 Å². The highest BCUT2D eigenvalue weighted by Gasteiger charge is 2.50. The maximum Gasteiger partial charge on any atom is 0.313 e. The van der Waals surface area contributed by atoms with E-state index in [1.165, 1.54) is 5.56 Å². The number of carbonyl (C=O) groups excluding carboxylic acids is 2. The molecule has 0 atom stereocenters. The molecule has 0 radical (unpaired) electrons. The smallest absolute Gasteiger partial charge is 0.313 e. The molecule has 0 unspecified atom stereocenters. The molecule has 1 amide bonds. The molecular weight excluding hydrogens is 366 g/mol. The average Bonchev–Trinajstić information content (AvgIpc) is 2.91. The van der Waals surface area contributed by atoms with Crippen molar-refractivity contribution in [1.29, 1.82) is 0 Å².